The van der Waals surface area contributed by atoms with Crippen LogP contribution in [-0.2, 0) is 15.6 Å². The van der Waals surface area contributed by atoms with Crippen LogP contribution < -0.4 is 0 Å². The molecule has 0 spiro atoms. The fraction of sp³-hybridized carbons (Fsp3) is 0.409. The molecule has 0 radical (unpaired) electrons. The van der Waals surface area contributed by atoms with Crippen molar-refractivity contribution in [1.29, 1.82) is 0 Å². The van der Waals surface area contributed by atoms with Crippen molar-refractivity contribution >= 4 is 27.5 Å². The van der Waals surface area contributed by atoms with E-state index in [1.165, 1.54) is 38.7 Å². The number of sulfonamides is 1. The Hall–Kier alpha value is -1.89. The zero-order valence-electron chi connectivity index (χ0n) is 16.6. The minimum atomic E-state index is -3.65. The fourth-order valence-electron chi connectivity index (χ4n) is 4.81. The maximum absolute atomic E-state index is 13.6. The molecule has 2 atom stereocenters. The Labute approximate surface area is 177 Å². The number of hydrogen-bond donors (Lipinski definition) is 0. The van der Waals surface area contributed by atoms with E-state index in [4.69, 9.17) is 11.6 Å². The lowest BCUT2D eigenvalue weighted by Gasteiger charge is -2.61. The Morgan fingerprint density at radius 3 is 2.52 bits per heavy atom. The van der Waals surface area contributed by atoms with Crippen LogP contribution in [-0.4, -0.2) is 44.2 Å². The topological polar surface area (TPSA) is 57.7 Å². The Bertz CT molecular complexity index is 1040. The maximum Gasteiger partial charge on any atom is 0.256 e. The molecule has 29 heavy (non-hydrogen) atoms. The molecular weight excluding hydrogens is 408 g/mol. The van der Waals surface area contributed by atoms with E-state index < -0.39 is 10.0 Å². The Kier molecular flexibility index (Phi) is 5.21. The fourth-order valence-corrected chi connectivity index (χ4v) is 5.94. The summed E-state index contributed by atoms with van der Waals surface area (Å²) in [5.41, 5.74) is 1.07. The third-order valence-electron chi connectivity index (χ3n) is 6.39. The van der Waals surface area contributed by atoms with Crippen LogP contribution in [0.1, 0.15) is 41.6 Å². The molecule has 154 valence electrons. The van der Waals surface area contributed by atoms with Crippen molar-refractivity contribution in [1.82, 2.24) is 9.21 Å². The van der Waals surface area contributed by atoms with Crippen LogP contribution in [0, 0.1) is 5.92 Å². The van der Waals surface area contributed by atoms with Gasteiger partial charge >= 0.3 is 0 Å². The molecule has 2 aromatic rings. The Morgan fingerprint density at radius 2 is 1.86 bits per heavy atom. The van der Waals surface area contributed by atoms with Crippen molar-refractivity contribution in [2.45, 2.75) is 36.1 Å². The van der Waals surface area contributed by atoms with Gasteiger partial charge in [0.2, 0.25) is 10.0 Å². The predicted molar refractivity (Wildman–Crippen MR) is 113 cm³/mol. The van der Waals surface area contributed by atoms with E-state index >= 15 is 0 Å². The largest absolute Gasteiger partial charge is 0.328 e. The SMILES string of the molecule is CN(C)S(=O)(=O)c1ccc(Cl)c(C(=O)N2C[C@H]3CCCC[C@]32c2ccccc2)c1. The Morgan fingerprint density at radius 1 is 1.14 bits per heavy atom. The molecule has 5 nitrogen and oxygen atoms in total. The summed E-state index contributed by atoms with van der Waals surface area (Å²) >= 11 is 6.36. The number of carbonyl (C=O) groups excluding carboxylic acids is 1. The molecule has 1 saturated carbocycles. The van der Waals surface area contributed by atoms with E-state index in [0.717, 1.165) is 29.1 Å². The highest BCUT2D eigenvalue weighted by Gasteiger charge is 2.57. The molecule has 1 aliphatic carbocycles. The summed E-state index contributed by atoms with van der Waals surface area (Å²) in [4.78, 5) is 15.5. The highest BCUT2D eigenvalue weighted by atomic mass is 35.5. The number of amides is 1. The highest BCUT2D eigenvalue weighted by molar-refractivity contribution is 7.89. The van der Waals surface area contributed by atoms with E-state index in [1.807, 2.05) is 23.1 Å². The predicted octanol–water partition coefficient (Wildman–Crippen LogP) is 4.13. The molecule has 1 amide bonds. The van der Waals surface area contributed by atoms with Crippen LogP contribution in [0.25, 0.3) is 0 Å². The monoisotopic (exact) mass is 432 g/mol. The first-order valence-electron chi connectivity index (χ1n) is 9.88. The molecule has 1 aliphatic heterocycles. The number of likely N-dealkylation sites (tertiary alicyclic amines) is 1. The van der Waals surface area contributed by atoms with Crippen LogP contribution in [0.3, 0.4) is 0 Å². The minimum Gasteiger partial charge on any atom is -0.328 e. The molecule has 0 aromatic heterocycles. The second kappa shape index (κ2) is 7.42. The van der Waals surface area contributed by atoms with Gasteiger partial charge in [0.1, 0.15) is 0 Å². The first-order chi connectivity index (χ1) is 13.8. The van der Waals surface area contributed by atoms with Gasteiger partial charge in [-0.25, -0.2) is 12.7 Å². The van der Waals surface area contributed by atoms with E-state index in [1.54, 1.807) is 0 Å². The lowest BCUT2D eigenvalue weighted by molar-refractivity contribution is -0.0869. The summed E-state index contributed by atoms with van der Waals surface area (Å²) in [5, 5.41) is 0.273. The van der Waals surface area contributed by atoms with Crippen molar-refractivity contribution in [3.63, 3.8) is 0 Å². The summed E-state index contributed by atoms with van der Waals surface area (Å²) in [6.45, 7) is 0.675. The highest BCUT2D eigenvalue weighted by Crippen LogP contribution is 2.54. The summed E-state index contributed by atoms with van der Waals surface area (Å²) in [7, 11) is -0.711. The second-order valence-corrected chi connectivity index (χ2v) is 10.6. The zero-order valence-corrected chi connectivity index (χ0v) is 18.2. The third-order valence-corrected chi connectivity index (χ3v) is 8.53. The zero-order chi connectivity index (χ0) is 20.8. The number of benzene rings is 2. The molecule has 1 heterocycles. The van der Waals surface area contributed by atoms with Crippen LogP contribution in [0.4, 0.5) is 0 Å². The van der Waals surface area contributed by atoms with Crippen molar-refractivity contribution in [2.24, 2.45) is 5.92 Å². The van der Waals surface area contributed by atoms with Gasteiger partial charge in [0, 0.05) is 26.6 Å². The van der Waals surface area contributed by atoms with Gasteiger partial charge in [0.15, 0.2) is 0 Å². The van der Waals surface area contributed by atoms with E-state index in [0.29, 0.717) is 12.5 Å². The molecule has 2 aromatic carbocycles. The van der Waals surface area contributed by atoms with Gasteiger partial charge in [-0.15, -0.1) is 0 Å². The van der Waals surface area contributed by atoms with Crippen LogP contribution in [0.15, 0.2) is 53.4 Å². The first-order valence-corrected chi connectivity index (χ1v) is 11.7. The first kappa shape index (κ1) is 20.4. The number of hydrogen-bond acceptors (Lipinski definition) is 3. The van der Waals surface area contributed by atoms with Crippen LogP contribution >= 0.6 is 11.6 Å². The van der Waals surface area contributed by atoms with Gasteiger partial charge in [-0.3, -0.25) is 4.79 Å². The van der Waals surface area contributed by atoms with Gasteiger partial charge in [-0.05, 0) is 36.6 Å². The summed E-state index contributed by atoms with van der Waals surface area (Å²) in [5.74, 6) is 0.225. The molecular formula is C22H25ClN2O3S. The van der Waals surface area contributed by atoms with Crippen molar-refractivity contribution < 1.29 is 13.2 Å². The summed E-state index contributed by atoms with van der Waals surface area (Å²) < 4.78 is 26.2. The minimum absolute atomic E-state index is 0.0738. The quantitative estimate of drug-likeness (QED) is 0.729. The molecule has 1 saturated heterocycles. The van der Waals surface area contributed by atoms with Crippen molar-refractivity contribution in [3.05, 3.63) is 64.7 Å². The smallest absolute Gasteiger partial charge is 0.256 e. The average molecular weight is 433 g/mol. The van der Waals surface area contributed by atoms with Gasteiger partial charge < -0.3 is 4.90 Å². The standard InChI is InChI=1S/C22H25ClN2O3S/c1-24(2)29(27,28)18-11-12-20(23)19(14-18)21(26)25-15-17-10-6-7-13-22(17,25)16-8-4-3-5-9-16/h3-5,8-9,11-12,14,17H,6-7,10,13,15H2,1-2H3/t17-,22+/m1/s1. The molecule has 2 aliphatic rings. The molecule has 0 N–H and O–H groups in total. The van der Waals surface area contributed by atoms with Crippen LogP contribution in [0.5, 0.6) is 0 Å². The number of fused-ring (bicyclic) bond motifs is 1. The van der Waals surface area contributed by atoms with Gasteiger partial charge in [-0.1, -0.05) is 54.8 Å². The molecule has 0 unspecified atom stereocenters. The van der Waals surface area contributed by atoms with Crippen molar-refractivity contribution in [3.8, 4) is 0 Å². The number of carbonyl (C=O) groups is 1. The average Bonchev–Trinajstić information content (AvgIpc) is 2.69. The third kappa shape index (κ3) is 3.18. The molecule has 2 fully saturated rings. The Balaban J connectivity index is 1.75. The number of halogens is 1. The van der Waals surface area contributed by atoms with Gasteiger partial charge in [0.25, 0.3) is 5.91 Å². The lowest BCUT2D eigenvalue weighted by Crippen LogP contribution is -2.67. The van der Waals surface area contributed by atoms with E-state index in [9.17, 15) is 13.2 Å². The van der Waals surface area contributed by atoms with Gasteiger partial charge in [0.05, 0.1) is 21.0 Å². The van der Waals surface area contributed by atoms with E-state index in [2.05, 4.69) is 12.1 Å². The van der Waals surface area contributed by atoms with Gasteiger partial charge in [-0.2, -0.15) is 0 Å². The van der Waals surface area contributed by atoms with E-state index in [-0.39, 0.29) is 26.9 Å². The van der Waals surface area contributed by atoms with Crippen molar-refractivity contribution in [2.75, 3.05) is 20.6 Å². The normalized spacial score (nSPS) is 24.1. The second-order valence-electron chi connectivity index (χ2n) is 8.08. The molecule has 7 heteroatoms. The lowest BCUT2D eigenvalue weighted by atomic mass is 9.61. The molecule has 0 bridgehead atoms. The van der Waals surface area contributed by atoms with Crippen LogP contribution in [0.2, 0.25) is 5.02 Å². The molecule has 4 rings (SSSR count). The maximum atomic E-state index is 13.6. The summed E-state index contributed by atoms with van der Waals surface area (Å²) in [6, 6.07) is 14.5. The summed E-state index contributed by atoms with van der Waals surface area (Å²) in [6.07, 6.45) is 4.26. The number of nitrogens with zero attached hydrogens (tertiary/aromatic N) is 2. The number of rotatable bonds is 4.